The third-order valence-electron chi connectivity index (χ3n) is 5.94. The standard InChI is InChI=1S/C18H27N5O2S/c1-23(18-16-9-10-19-17(16)20-12-21-18)15-7-5-13(6-8-15)11-26(24,25)22-14-3-2-4-14/h9-10,12-15,22H,2-8,11H2,1H3,(H,19,20,21). The van der Waals surface area contributed by atoms with Crippen molar-refractivity contribution in [3.05, 3.63) is 18.6 Å². The SMILES string of the molecule is CN(c1ncnc2[nH]ccc12)C1CCC(CS(=O)(=O)NC2CCC2)CC1. The average molecular weight is 378 g/mol. The first-order chi connectivity index (χ1) is 12.5. The summed E-state index contributed by atoms with van der Waals surface area (Å²) >= 11 is 0. The van der Waals surface area contributed by atoms with Crippen molar-refractivity contribution < 1.29 is 8.42 Å². The Morgan fingerprint density at radius 1 is 1.19 bits per heavy atom. The monoisotopic (exact) mass is 377 g/mol. The van der Waals surface area contributed by atoms with Crippen LogP contribution in [0.5, 0.6) is 0 Å². The van der Waals surface area contributed by atoms with E-state index in [0.29, 0.717) is 6.04 Å². The maximum Gasteiger partial charge on any atom is 0.212 e. The quantitative estimate of drug-likeness (QED) is 0.807. The minimum Gasteiger partial charge on any atom is -0.356 e. The van der Waals surface area contributed by atoms with Crippen LogP contribution in [0.3, 0.4) is 0 Å². The van der Waals surface area contributed by atoms with E-state index in [1.54, 1.807) is 6.33 Å². The van der Waals surface area contributed by atoms with E-state index in [1.165, 1.54) is 0 Å². The molecule has 4 rings (SSSR count). The van der Waals surface area contributed by atoms with Gasteiger partial charge >= 0.3 is 0 Å². The normalized spacial score (nSPS) is 24.5. The summed E-state index contributed by atoms with van der Waals surface area (Å²) in [5.41, 5.74) is 0.851. The highest BCUT2D eigenvalue weighted by Gasteiger charge is 2.30. The minimum absolute atomic E-state index is 0.184. The molecule has 2 N–H and O–H groups in total. The van der Waals surface area contributed by atoms with Gasteiger partial charge in [-0.2, -0.15) is 0 Å². The zero-order chi connectivity index (χ0) is 18.1. The molecule has 2 heterocycles. The fourth-order valence-electron chi connectivity index (χ4n) is 4.15. The molecule has 2 aliphatic carbocycles. The molecule has 2 fully saturated rings. The van der Waals surface area contributed by atoms with Crippen molar-refractivity contribution in [2.75, 3.05) is 17.7 Å². The van der Waals surface area contributed by atoms with E-state index in [-0.39, 0.29) is 17.7 Å². The Morgan fingerprint density at radius 3 is 2.65 bits per heavy atom. The second-order valence-corrected chi connectivity index (χ2v) is 9.55. The average Bonchev–Trinajstić information content (AvgIpc) is 3.07. The summed E-state index contributed by atoms with van der Waals surface area (Å²) in [4.78, 5) is 14.1. The van der Waals surface area contributed by atoms with Gasteiger partial charge < -0.3 is 9.88 Å². The number of sulfonamides is 1. The number of aromatic nitrogens is 3. The third-order valence-corrected chi connectivity index (χ3v) is 7.54. The summed E-state index contributed by atoms with van der Waals surface area (Å²) in [6.07, 6.45) is 10.5. The summed E-state index contributed by atoms with van der Waals surface area (Å²) in [7, 11) is -1.06. The van der Waals surface area contributed by atoms with Crippen LogP contribution >= 0.6 is 0 Å². The molecule has 0 radical (unpaired) electrons. The van der Waals surface area contributed by atoms with Crippen LogP contribution in [0, 0.1) is 5.92 Å². The fraction of sp³-hybridized carbons (Fsp3) is 0.667. The van der Waals surface area contributed by atoms with E-state index < -0.39 is 10.0 Å². The van der Waals surface area contributed by atoms with E-state index in [1.807, 2.05) is 12.3 Å². The highest BCUT2D eigenvalue weighted by atomic mass is 32.2. The first kappa shape index (κ1) is 17.7. The van der Waals surface area contributed by atoms with Crippen LogP contribution in [0.15, 0.2) is 18.6 Å². The highest BCUT2D eigenvalue weighted by Crippen LogP contribution is 2.32. The molecule has 0 spiro atoms. The summed E-state index contributed by atoms with van der Waals surface area (Å²) in [5, 5.41) is 1.03. The predicted molar refractivity (Wildman–Crippen MR) is 103 cm³/mol. The number of H-pyrrole nitrogens is 1. The smallest absolute Gasteiger partial charge is 0.212 e. The minimum atomic E-state index is -3.14. The van der Waals surface area contributed by atoms with Gasteiger partial charge in [0.1, 0.15) is 17.8 Å². The molecule has 2 saturated carbocycles. The van der Waals surface area contributed by atoms with Gasteiger partial charge in [-0.3, -0.25) is 0 Å². The molecule has 8 heteroatoms. The van der Waals surface area contributed by atoms with Crippen molar-refractivity contribution in [3.8, 4) is 0 Å². The lowest BCUT2D eigenvalue weighted by molar-refractivity contribution is 0.336. The summed E-state index contributed by atoms with van der Waals surface area (Å²) in [5.74, 6) is 1.48. The third kappa shape index (κ3) is 3.71. The molecule has 0 saturated heterocycles. The number of hydrogen-bond acceptors (Lipinski definition) is 5. The van der Waals surface area contributed by atoms with Crippen LogP contribution in [-0.4, -0.2) is 48.3 Å². The molecular formula is C18H27N5O2S. The molecule has 2 aromatic rings. The lowest BCUT2D eigenvalue weighted by Crippen LogP contribution is -2.43. The Kier molecular flexibility index (Phi) is 4.88. The van der Waals surface area contributed by atoms with Gasteiger partial charge in [0.05, 0.1) is 11.1 Å². The lowest BCUT2D eigenvalue weighted by Gasteiger charge is -2.35. The highest BCUT2D eigenvalue weighted by molar-refractivity contribution is 7.89. The topological polar surface area (TPSA) is 91.0 Å². The van der Waals surface area contributed by atoms with Crippen LogP contribution in [0.2, 0.25) is 0 Å². The fourth-order valence-corrected chi connectivity index (χ4v) is 5.94. The van der Waals surface area contributed by atoms with Crippen molar-refractivity contribution in [2.45, 2.75) is 57.0 Å². The van der Waals surface area contributed by atoms with Gasteiger partial charge in [-0.05, 0) is 50.5 Å². The maximum atomic E-state index is 12.3. The Hall–Kier alpha value is -1.67. The molecule has 0 aromatic carbocycles. The van der Waals surface area contributed by atoms with Gasteiger partial charge in [0, 0.05) is 25.3 Å². The van der Waals surface area contributed by atoms with Crippen LogP contribution in [0.4, 0.5) is 5.82 Å². The Balaban J connectivity index is 1.35. The van der Waals surface area contributed by atoms with E-state index >= 15 is 0 Å². The summed E-state index contributed by atoms with van der Waals surface area (Å²) < 4.78 is 27.5. The van der Waals surface area contributed by atoms with Crippen molar-refractivity contribution in [2.24, 2.45) is 5.92 Å². The van der Waals surface area contributed by atoms with E-state index in [4.69, 9.17) is 0 Å². The van der Waals surface area contributed by atoms with Gasteiger partial charge in [0.2, 0.25) is 10.0 Å². The summed E-state index contributed by atoms with van der Waals surface area (Å²) in [6, 6.07) is 2.58. The second kappa shape index (κ2) is 7.15. The largest absolute Gasteiger partial charge is 0.356 e. The number of nitrogens with zero attached hydrogens (tertiary/aromatic N) is 3. The van der Waals surface area contributed by atoms with Gasteiger partial charge in [0.15, 0.2) is 0 Å². The van der Waals surface area contributed by atoms with Crippen LogP contribution in [0.1, 0.15) is 44.9 Å². The Bertz CT molecular complexity index is 853. The zero-order valence-electron chi connectivity index (χ0n) is 15.2. The molecular weight excluding hydrogens is 350 g/mol. The molecule has 0 aliphatic heterocycles. The first-order valence-corrected chi connectivity index (χ1v) is 11.2. The van der Waals surface area contributed by atoms with Gasteiger partial charge in [-0.15, -0.1) is 0 Å². The van der Waals surface area contributed by atoms with E-state index in [2.05, 4.69) is 31.6 Å². The van der Waals surface area contributed by atoms with Crippen molar-refractivity contribution in [1.29, 1.82) is 0 Å². The van der Waals surface area contributed by atoms with Gasteiger partial charge in [0.25, 0.3) is 0 Å². The van der Waals surface area contributed by atoms with Crippen LogP contribution in [-0.2, 0) is 10.0 Å². The molecule has 0 amide bonds. The number of aromatic amines is 1. The Morgan fingerprint density at radius 2 is 1.96 bits per heavy atom. The molecule has 142 valence electrons. The predicted octanol–water partition coefficient (Wildman–Crippen LogP) is 2.42. The number of fused-ring (bicyclic) bond motifs is 1. The van der Waals surface area contributed by atoms with Gasteiger partial charge in [-0.1, -0.05) is 6.42 Å². The van der Waals surface area contributed by atoms with Crippen LogP contribution < -0.4 is 9.62 Å². The molecule has 0 unspecified atom stereocenters. The van der Waals surface area contributed by atoms with Crippen molar-refractivity contribution in [1.82, 2.24) is 19.7 Å². The first-order valence-electron chi connectivity index (χ1n) is 9.53. The number of anilines is 1. The molecule has 2 aromatic heterocycles. The van der Waals surface area contributed by atoms with Gasteiger partial charge in [-0.25, -0.2) is 23.1 Å². The van der Waals surface area contributed by atoms with E-state index in [0.717, 1.165) is 61.8 Å². The zero-order valence-corrected chi connectivity index (χ0v) is 16.0. The number of nitrogens with one attached hydrogen (secondary N) is 2. The number of rotatable bonds is 6. The van der Waals surface area contributed by atoms with E-state index in [9.17, 15) is 8.42 Å². The van der Waals surface area contributed by atoms with Crippen LogP contribution in [0.25, 0.3) is 11.0 Å². The van der Waals surface area contributed by atoms with Crippen molar-refractivity contribution >= 4 is 26.9 Å². The maximum absolute atomic E-state index is 12.3. The molecule has 2 aliphatic rings. The molecule has 0 atom stereocenters. The van der Waals surface area contributed by atoms with Crippen molar-refractivity contribution in [3.63, 3.8) is 0 Å². The second-order valence-electron chi connectivity index (χ2n) is 7.75. The Labute approximate surface area is 154 Å². The molecule has 0 bridgehead atoms. The summed E-state index contributed by atoms with van der Waals surface area (Å²) in [6.45, 7) is 0. The molecule has 7 nitrogen and oxygen atoms in total. The lowest BCUT2D eigenvalue weighted by atomic mass is 9.86. The number of hydrogen-bond donors (Lipinski definition) is 2. The molecule has 26 heavy (non-hydrogen) atoms.